The molecule has 0 atom stereocenters. The zero-order valence-electron chi connectivity index (χ0n) is 18.4. The van der Waals surface area contributed by atoms with Gasteiger partial charge in [0.2, 0.25) is 0 Å². The summed E-state index contributed by atoms with van der Waals surface area (Å²) in [5.41, 5.74) is 3.89. The van der Waals surface area contributed by atoms with E-state index in [0.717, 1.165) is 61.8 Å². The summed E-state index contributed by atoms with van der Waals surface area (Å²) in [5, 5.41) is 7.39. The van der Waals surface area contributed by atoms with Crippen LogP contribution in [0.2, 0.25) is 0 Å². The number of hydrogen-bond acceptors (Lipinski definition) is 6. The Kier molecular flexibility index (Phi) is 4.24. The van der Waals surface area contributed by atoms with Crippen molar-refractivity contribution in [2.75, 3.05) is 36.5 Å². The van der Waals surface area contributed by atoms with Crippen molar-refractivity contribution < 1.29 is 14.3 Å². The number of carbonyl (C=O) groups excluding carboxylic acids is 1. The number of ether oxygens (including phenoxy) is 2. The molecule has 166 valence electrons. The molecule has 6 rings (SSSR count). The van der Waals surface area contributed by atoms with Crippen LogP contribution >= 0.6 is 0 Å². The number of hydrogen-bond donors (Lipinski definition) is 1. The molecule has 3 aromatic rings. The molecule has 32 heavy (non-hydrogen) atoms. The zero-order chi connectivity index (χ0) is 21.9. The van der Waals surface area contributed by atoms with E-state index < -0.39 is 0 Å². The van der Waals surface area contributed by atoms with Gasteiger partial charge in [-0.25, -0.2) is 9.50 Å². The SMILES string of the molecule is CC1(C)Cc2cc(NC(=O)c3cnn4cccnc34)c(N3CC4(CCCOC4)C3)cc2O1. The lowest BCUT2D eigenvalue weighted by Crippen LogP contribution is -2.60. The lowest BCUT2D eigenvalue weighted by atomic mass is 9.75. The summed E-state index contributed by atoms with van der Waals surface area (Å²) in [6.45, 7) is 7.71. The van der Waals surface area contributed by atoms with Gasteiger partial charge in [0.05, 0.1) is 24.2 Å². The summed E-state index contributed by atoms with van der Waals surface area (Å²) in [5.74, 6) is 0.691. The average molecular weight is 434 g/mol. The van der Waals surface area contributed by atoms with E-state index in [9.17, 15) is 4.79 Å². The Hall–Kier alpha value is -3.13. The number of aromatic nitrogens is 3. The van der Waals surface area contributed by atoms with Crippen molar-refractivity contribution in [3.8, 4) is 5.75 Å². The molecule has 8 nitrogen and oxygen atoms in total. The molecule has 2 saturated heterocycles. The minimum Gasteiger partial charge on any atom is -0.487 e. The van der Waals surface area contributed by atoms with E-state index >= 15 is 0 Å². The summed E-state index contributed by atoms with van der Waals surface area (Å²) in [4.78, 5) is 19.9. The third-order valence-electron chi connectivity index (χ3n) is 6.75. The minimum absolute atomic E-state index is 0.214. The molecular weight excluding hydrogens is 406 g/mol. The number of nitrogens with one attached hydrogen (secondary N) is 1. The second-order valence-electron chi connectivity index (χ2n) is 9.93. The monoisotopic (exact) mass is 433 g/mol. The Balaban J connectivity index is 1.33. The summed E-state index contributed by atoms with van der Waals surface area (Å²) >= 11 is 0. The van der Waals surface area contributed by atoms with Gasteiger partial charge in [-0.15, -0.1) is 0 Å². The summed E-state index contributed by atoms with van der Waals surface area (Å²) in [6, 6.07) is 5.94. The third kappa shape index (κ3) is 3.21. The largest absolute Gasteiger partial charge is 0.487 e. The van der Waals surface area contributed by atoms with E-state index in [1.54, 1.807) is 29.2 Å². The fraction of sp³-hybridized carbons (Fsp3) is 0.458. The van der Waals surface area contributed by atoms with Gasteiger partial charge in [0.1, 0.15) is 16.9 Å². The molecule has 2 aromatic heterocycles. The molecule has 0 radical (unpaired) electrons. The second kappa shape index (κ2) is 6.93. The van der Waals surface area contributed by atoms with Gasteiger partial charge in [0.15, 0.2) is 5.65 Å². The van der Waals surface area contributed by atoms with Crippen molar-refractivity contribution in [3.63, 3.8) is 0 Å². The number of fused-ring (bicyclic) bond motifs is 2. The predicted molar refractivity (Wildman–Crippen MR) is 120 cm³/mol. The standard InChI is InChI=1S/C24H27N5O3/c1-23(2)11-16-9-18(27-22(30)17-12-26-29-7-4-6-25-21(17)29)19(10-20(16)32-23)28-13-24(14-28)5-3-8-31-15-24/h4,6-7,9-10,12H,3,5,8,11,13-15H2,1-2H3,(H,27,30). The molecule has 1 aromatic carbocycles. The molecular formula is C24H27N5O3. The highest BCUT2D eigenvalue weighted by molar-refractivity contribution is 6.09. The van der Waals surface area contributed by atoms with Gasteiger partial charge in [-0.05, 0) is 38.8 Å². The van der Waals surface area contributed by atoms with Crippen LogP contribution in [0.15, 0.2) is 36.8 Å². The average Bonchev–Trinajstić information content (AvgIpc) is 3.31. The summed E-state index contributed by atoms with van der Waals surface area (Å²) in [7, 11) is 0. The van der Waals surface area contributed by atoms with Crippen LogP contribution in [0, 0.1) is 5.41 Å². The molecule has 3 aliphatic heterocycles. The molecule has 0 aliphatic carbocycles. The lowest BCUT2D eigenvalue weighted by Gasteiger charge is -2.53. The fourth-order valence-electron chi connectivity index (χ4n) is 5.27. The van der Waals surface area contributed by atoms with Crippen LogP contribution in [0.5, 0.6) is 5.75 Å². The van der Waals surface area contributed by atoms with Gasteiger partial charge in [0, 0.05) is 55.6 Å². The minimum atomic E-state index is -0.248. The Morgan fingerprint density at radius 1 is 1.25 bits per heavy atom. The smallest absolute Gasteiger partial charge is 0.261 e. The number of anilines is 2. The summed E-state index contributed by atoms with van der Waals surface area (Å²) in [6.07, 6.45) is 8.12. The molecule has 5 heterocycles. The maximum Gasteiger partial charge on any atom is 0.261 e. The van der Waals surface area contributed by atoms with Gasteiger partial charge in [-0.2, -0.15) is 5.10 Å². The molecule has 0 saturated carbocycles. The van der Waals surface area contributed by atoms with Crippen LogP contribution in [0.1, 0.15) is 42.6 Å². The van der Waals surface area contributed by atoms with Crippen LogP contribution < -0.4 is 15.0 Å². The molecule has 2 fully saturated rings. The maximum absolute atomic E-state index is 13.2. The Bertz CT molecular complexity index is 1200. The third-order valence-corrected chi connectivity index (χ3v) is 6.75. The highest BCUT2D eigenvalue weighted by atomic mass is 16.5. The topological polar surface area (TPSA) is 81.0 Å². The maximum atomic E-state index is 13.2. The molecule has 1 amide bonds. The normalized spacial score (nSPS) is 20.6. The molecule has 1 N–H and O–H groups in total. The van der Waals surface area contributed by atoms with Gasteiger partial charge in [-0.1, -0.05) is 0 Å². The van der Waals surface area contributed by atoms with E-state index in [1.807, 2.05) is 0 Å². The summed E-state index contributed by atoms with van der Waals surface area (Å²) < 4.78 is 13.6. The number of amides is 1. The quantitative estimate of drug-likeness (QED) is 0.683. The first-order valence-electron chi connectivity index (χ1n) is 11.2. The van der Waals surface area contributed by atoms with Crippen LogP contribution in [0.3, 0.4) is 0 Å². The molecule has 1 spiro atoms. The Morgan fingerprint density at radius 2 is 2.12 bits per heavy atom. The lowest BCUT2D eigenvalue weighted by molar-refractivity contribution is -0.0234. The van der Waals surface area contributed by atoms with E-state index in [1.165, 1.54) is 6.42 Å². The molecule has 3 aliphatic rings. The fourth-order valence-corrected chi connectivity index (χ4v) is 5.27. The van der Waals surface area contributed by atoms with Gasteiger partial charge >= 0.3 is 0 Å². The van der Waals surface area contributed by atoms with Gasteiger partial charge in [0.25, 0.3) is 5.91 Å². The van der Waals surface area contributed by atoms with Crippen LogP contribution in [0.4, 0.5) is 11.4 Å². The van der Waals surface area contributed by atoms with E-state index in [-0.39, 0.29) is 16.9 Å². The number of nitrogens with zero attached hydrogens (tertiary/aromatic N) is 4. The first-order valence-corrected chi connectivity index (χ1v) is 11.2. The highest BCUT2D eigenvalue weighted by Crippen LogP contribution is 2.47. The number of carbonyl (C=O) groups is 1. The van der Waals surface area contributed by atoms with Gasteiger partial charge in [-0.3, -0.25) is 4.79 Å². The predicted octanol–water partition coefficient (Wildman–Crippen LogP) is 3.31. The first-order chi connectivity index (χ1) is 15.4. The zero-order valence-corrected chi connectivity index (χ0v) is 18.4. The van der Waals surface area contributed by atoms with Crippen LogP contribution in [-0.4, -0.2) is 52.4 Å². The van der Waals surface area contributed by atoms with E-state index in [2.05, 4.69) is 46.3 Å². The number of benzene rings is 1. The van der Waals surface area contributed by atoms with Crippen molar-refractivity contribution in [2.24, 2.45) is 5.41 Å². The Labute approximate surface area is 186 Å². The Morgan fingerprint density at radius 3 is 2.94 bits per heavy atom. The first kappa shape index (κ1) is 19.5. The van der Waals surface area contributed by atoms with Gasteiger partial charge < -0.3 is 19.7 Å². The van der Waals surface area contributed by atoms with Crippen molar-refractivity contribution in [3.05, 3.63) is 47.9 Å². The highest BCUT2D eigenvalue weighted by Gasteiger charge is 2.45. The molecule has 0 unspecified atom stereocenters. The van der Waals surface area contributed by atoms with Crippen molar-refractivity contribution >= 4 is 22.9 Å². The van der Waals surface area contributed by atoms with E-state index in [4.69, 9.17) is 9.47 Å². The number of rotatable bonds is 3. The van der Waals surface area contributed by atoms with Crippen molar-refractivity contribution in [1.82, 2.24) is 14.6 Å². The van der Waals surface area contributed by atoms with Crippen LogP contribution in [0.25, 0.3) is 5.65 Å². The van der Waals surface area contributed by atoms with Crippen molar-refractivity contribution in [1.29, 1.82) is 0 Å². The van der Waals surface area contributed by atoms with E-state index in [0.29, 0.717) is 11.2 Å². The van der Waals surface area contributed by atoms with Crippen molar-refractivity contribution in [2.45, 2.75) is 38.7 Å². The van der Waals surface area contributed by atoms with Crippen LogP contribution in [-0.2, 0) is 11.2 Å². The molecule has 8 heteroatoms. The molecule has 0 bridgehead atoms. The second-order valence-corrected chi connectivity index (χ2v) is 9.93.